The van der Waals surface area contributed by atoms with E-state index in [0.717, 1.165) is 44.5 Å². The Balaban J connectivity index is 1.58. The molecule has 0 aromatic heterocycles. The van der Waals surface area contributed by atoms with Crippen LogP contribution >= 0.6 is 0 Å². The summed E-state index contributed by atoms with van der Waals surface area (Å²) in [4.78, 5) is 2.35. The van der Waals surface area contributed by atoms with Crippen molar-refractivity contribution in [3.05, 3.63) is 59.7 Å². The van der Waals surface area contributed by atoms with Crippen molar-refractivity contribution in [2.75, 3.05) is 20.1 Å². The Kier molecular flexibility index (Phi) is 3.97. The van der Waals surface area contributed by atoms with E-state index in [1.54, 1.807) is 6.07 Å². The van der Waals surface area contributed by atoms with E-state index in [2.05, 4.69) is 42.3 Å². The molecule has 2 aliphatic rings. The molecule has 0 saturated carbocycles. The van der Waals surface area contributed by atoms with Gasteiger partial charge in [-0.05, 0) is 63.0 Å². The third kappa shape index (κ3) is 2.67. The van der Waals surface area contributed by atoms with Gasteiger partial charge in [0.1, 0.15) is 17.6 Å². The van der Waals surface area contributed by atoms with Crippen LogP contribution in [0.5, 0.6) is 11.5 Å². The third-order valence-corrected chi connectivity index (χ3v) is 5.73. The molecule has 126 valence electrons. The van der Waals surface area contributed by atoms with Crippen LogP contribution < -0.4 is 4.74 Å². The predicted molar refractivity (Wildman–Crippen MR) is 95.7 cm³/mol. The number of aromatic hydroxyl groups is 1. The fourth-order valence-corrected chi connectivity index (χ4v) is 4.40. The molecule has 0 amide bonds. The summed E-state index contributed by atoms with van der Waals surface area (Å²) in [6.07, 6.45) is 4.64. The van der Waals surface area contributed by atoms with Gasteiger partial charge >= 0.3 is 0 Å². The van der Waals surface area contributed by atoms with E-state index in [-0.39, 0.29) is 11.5 Å². The molecule has 1 fully saturated rings. The molecule has 2 heterocycles. The highest BCUT2D eigenvalue weighted by Gasteiger charge is 2.50. The first-order chi connectivity index (χ1) is 11.7. The van der Waals surface area contributed by atoms with Crippen molar-refractivity contribution in [3.8, 4) is 11.5 Å². The molecule has 3 heteroatoms. The molecule has 0 aliphatic carbocycles. The highest BCUT2D eigenvalue weighted by atomic mass is 16.5. The number of piperidine rings is 1. The third-order valence-electron chi connectivity index (χ3n) is 5.73. The molecular weight excluding hydrogens is 298 g/mol. The van der Waals surface area contributed by atoms with Crippen molar-refractivity contribution in [3.63, 3.8) is 0 Å². The molecule has 2 atom stereocenters. The minimum absolute atomic E-state index is 0.0510. The Morgan fingerprint density at radius 3 is 2.88 bits per heavy atom. The van der Waals surface area contributed by atoms with Crippen molar-refractivity contribution in [2.24, 2.45) is 0 Å². The second kappa shape index (κ2) is 6.14. The van der Waals surface area contributed by atoms with Crippen LogP contribution in [0.2, 0.25) is 0 Å². The molecule has 2 aromatic carbocycles. The summed E-state index contributed by atoms with van der Waals surface area (Å²) >= 11 is 0. The zero-order chi connectivity index (χ0) is 16.6. The van der Waals surface area contributed by atoms with Gasteiger partial charge in [-0.1, -0.05) is 30.3 Å². The van der Waals surface area contributed by atoms with Crippen LogP contribution in [0.3, 0.4) is 0 Å². The van der Waals surface area contributed by atoms with Crippen molar-refractivity contribution < 1.29 is 9.84 Å². The number of likely N-dealkylation sites (N-methyl/N-ethyl adjacent to an activating group) is 1. The average Bonchev–Trinajstić information content (AvgIpc) is 2.89. The molecule has 1 saturated heterocycles. The van der Waals surface area contributed by atoms with Crippen LogP contribution in [-0.4, -0.2) is 36.2 Å². The molecule has 0 bridgehead atoms. The number of hydrogen-bond acceptors (Lipinski definition) is 3. The zero-order valence-corrected chi connectivity index (χ0v) is 14.2. The molecule has 1 N–H and O–H groups in total. The number of nitrogens with zero attached hydrogens (tertiary/aromatic N) is 1. The number of hydrogen-bond donors (Lipinski definition) is 1. The quantitative estimate of drug-likeness (QED) is 0.930. The number of aryl methyl sites for hydroxylation is 1. The Hall–Kier alpha value is -2.00. The normalized spacial score (nSPS) is 25.8. The minimum Gasteiger partial charge on any atom is -0.508 e. The van der Waals surface area contributed by atoms with E-state index in [1.165, 1.54) is 11.1 Å². The summed E-state index contributed by atoms with van der Waals surface area (Å²) in [5, 5.41) is 9.99. The maximum atomic E-state index is 9.99. The van der Waals surface area contributed by atoms with Gasteiger partial charge in [-0.25, -0.2) is 0 Å². The van der Waals surface area contributed by atoms with Gasteiger partial charge in [-0.2, -0.15) is 0 Å². The highest BCUT2D eigenvalue weighted by Crippen LogP contribution is 2.51. The van der Waals surface area contributed by atoms with Gasteiger partial charge in [0.15, 0.2) is 0 Å². The Labute approximate surface area is 143 Å². The Bertz CT molecular complexity index is 715. The molecule has 2 aliphatic heterocycles. The Morgan fingerprint density at radius 1 is 1.21 bits per heavy atom. The zero-order valence-electron chi connectivity index (χ0n) is 14.2. The van der Waals surface area contributed by atoms with E-state index in [4.69, 9.17) is 4.74 Å². The summed E-state index contributed by atoms with van der Waals surface area (Å²) in [5.41, 5.74) is 2.66. The summed E-state index contributed by atoms with van der Waals surface area (Å²) in [5.74, 6) is 1.31. The number of fused-ring (bicyclic) bond motifs is 3. The molecule has 24 heavy (non-hydrogen) atoms. The molecule has 3 nitrogen and oxygen atoms in total. The molecule has 0 unspecified atom stereocenters. The lowest BCUT2D eigenvalue weighted by Gasteiger charge is -2.42. The fourth-order valence-electron chi connectivity index (χ4n) is 4.40. The second-order valence-corrected chi connectivity index (χ2v) is 7.29. The second-order valence-electron chi connectivity index (χ2n) is 7.29. The number of ether oxygens (including phenoxy) is 1. The lowest BCUT2D eigenvalue weighted by molar-refractivity contribution is 0.0492. The van der Waals surface area contributed by atoms with E-state index < -0.39 is 0 Å². The number of phenols is 1. The SMILES string of the molecule is CN1CC[C@@]2(CCCc3ccccc3)c3cc(O)ccc3O[C@H]2C1. The maximum absolute atomic E-state index is 9.99. The highest BCUT2D eigenvalue weighted by molar-refractivity contribution is 5.49. The van der Waals surface area contributed by atoms with Gasteiger partial charge in [0, 0.05) is 17.5 Å². The number of likely N-dealkylation sites (tertiary alicyclic amines) is 1. The molecule has 2 aromatic rings. The number of phenolic OH excluding ortho intramolecular Hbond substituents is 1. The largest absolute Gasteiger partial charge is 0.508 e. The number of rotatable bonds is 4. The maximum Gasteiger partial charge on any atom is 0.124 e. The van der Waals surface area contributed by atoms with E-state index in [9.17, 15) is 5.11 Å². The molecule has 4 rings (SSSR count). The van der Waals surface area contributed by atoms with Crippen LogP contribution in [0.25, 0.3) is 0 Å². The van der Waals surface area contributed by atoms with Gasteiger partial charge < -0.3 is 14.7 Å². The van der Waals surface area contributed by atoms with Crippen molar-refractivity contribution >= 4 is 0 Å². The lowest BCUT2D eigenvalue weighted by atomic mass is 9.69. The number of benzene rings is 2. The fraction of sp³-hybridized carbons (Fsp3) is 0.429. The summed E-state index contributed by atoms with van der Waals surface area (Å²) in [7, 11) is 2.16. The van der Waals surface area contributed by atoms with Crippen molar-refractivity contribution in [1.29, 1.82) is 0 Å². The van der Waals surface area contributed by atoms with Crippen LogP contribution in [0.4, 0.5) is 0 Å². The summed E-state index contributed by atoms with van der Waals surface area (Å²) in [6.45, 7) is 2.04. The van der Waals surface area contributed by atoms with Crippen LogP contribution in [0.15, 0.2) is 48.5 Å². The van der Waals surface area contributed by atoms with Gasteiger partial charge in [0.2, 0.25) is 0 Å². The first-order valence-corrected chi connectivity index (χ1v) is 8.90. The Morgan fingerprint density at radius 2 is 2.04 bits per heavy atom. The summed E-state index contributed by atoms with van der Waals surface area (Å²) in [6, 6.07) is 16.3. The van der Waals surface area contributed by atoms with E-state index in [0.29, 0.717) is 5.75 Å². The topological polar surface area (TPSA) is 32.7 Å². The van der Waals surface area contributed by atoms with Crippen LogP contribution in [0.1, 0.15) is 30.4 Å². The van der Waals surface area contributed by atoms with Crippen molar-refractivity contribution in [2.45, 2.75) is 37.2 Å². The first-order valence-electron chi connectivity index (χ1n) is 8.90. The minimum atomic E-state index is 0.0510. The lowest BCUT2D eigenvalue weighted by Crippen LogP contribution is -2.51. The van der Waals surface area contributed by atoms with E-state index in [1.807, 2.05) is 12.1 Å². The van der Waals surface area contributed by atoms with Crippen molar-refractivity contribution in [1.82, 2.24) is 4.90 Å². The molecule has 0 spiro atoms. The van der Waals surface area contributed by atoms with Gasteiger partial charge in [0.05, 0.1) is 0 Å². The smallest absolute Gasteiger partial charge is 0.124 e. The van der Waals surface area contributed by atoms with E-state index >= 15 is 0 Å². The standard InChI is InChI=1S/C21H25NO2/c1-22-13-12-21(11-5-8-16-6-3-2-4-7-16)18-14-17(23)9-10-19(18)24-20(21)15-22/h2-4,6-7,9-10,14,20,23H,5,8,11-13,15H2,1H3/t20-,21-/m0/s1. The average molecular weight is 323 g/mol. The molecular formula is C21H25NO2. The first kappa shape index (κ1) is 15.5. The predicted octanol–water partition coefficient (Wildman–Crippen LogP) is 3.75. The van der Waals surface area contributed by atoms with Gasteiger partial charge in [-0.3, -0.25) is 0 Å². The summed E-state index contributed by atoms with van der Waals surface area (Å²) < 4.78 is 6.29. The monoisotopic (exact) mass is 323 g/mol. The van der Waals surface area contributed by atoms with Gasteiger partial charge in [0.25, 0.3) is 0 Å². The van der Waals surface area contributed by atoms with Crippen LogP contribution in [-0.2, 0) is 11.8 Å². The van der Waals surface area contributed by atoms with Crippen LogP contribution in [0, 0.1) is 0 Å². The van der Waals surface area contributed by atoms with Gasteiger partial charge in [-0.15, -0.1) is 0 Å². The molecule has 0 radical (unpaired) electrons.